The minimum absolute atomic E-state index is 0.330. The second kappa shape index (κ2) is 18.1. The molecule has 0 saturated carbocycles. The van der Waals surface area contributed by atoms with Gasteiger partial charge in [-0.2, -0.15) is 0 Å². The third-order valence-electron chi connectivity index (χ3n) is 7.45. The minimum Gasteiger partial charge on any atom is -0.415 e. The Morgan fingerprint density at radius 2 is 0.759 bits per heavy atom. The summed E-state index contributed by atoms with van der Waals surface area (Å²) in [6, 6.07) is 0. The van der Waals surface area contributed by atoms with E-state index in [9.17, 15) is 0 Å². The highest BCUT2D eigenvalue weighted by Crippen LogP contribution is 2.45. The van der Waals surface area contributed by atoms with E-state index < -0.39 is 122 Å². The SMILES string of the molecule is C[Si](C)(C)OCC1O[C@H](O[C@]2(O[Si](C)(C)C)OC(CO[Si](C)(C)C)[C@H](O[Si](C)(C)C)[C@H]2O[Si](C)(C)C)C(O[Si](C)(C)C)[C@H](O[Si](C)(C)C)[C@@H]1O[Si](C)(C)C. The fraction of sp³-hybridized carbons (Fsp3) is 1.00. The molecule has 0 radical (unpaired) electrons. The normalized spacial score (nSPS) is 31.3. The largest absolute Gasteiger partial charge is 0.415 e. The van der Waals surface area contributed by atoms with Crippen LogP contribution in [0.4, 0.5) is 0 Å². The molecule has 9 atom stereocenters. The Hall–Kier alpha value is 1.30. The van der Waals surface area contributed by atoms with Crippen molar-refractivity contribution >= 4 is 66.5 Å². The molecule has 0 aromatic rings. The Morgan fingerprint density at radius 3 is 1.15 bits per heavy atom. The molecular formula is C35H84O11Si8. The predicted molar refractivity (Wildman–Crippen MR) is 241 cm³/mol. The maximum absolute atomic E-state index is 7.43. The first-order valence-electron chi connectivity index (χ1n) is 20.0. The van der Waals surface area contributed by atoms with Gasteiger partial charge in [0.1, 0.15) is 36.6 Å². The molecule has 11 nitrogen and oxygen atoms in total. The van der Waals surface area contributed by atoms with E-state index in [0.717, 1.165) is 0 Å². The van der Waals surface area contributed by atoms with E-state index in [0.29, 0.717) is 13.2 Å². The van der Waals surface area contributed by atoms with Crippen molar-refractivity contribution < 1.29 is 49.6 Å². The van der Waals surface area contributed by atoms with Crippen molar-refractivity contribution in [1.29, 1.82) is 0 Å². The lowest BCUT2D eigenvalue weighted by molar-refractivity contribution is -0.430. The van der Waals surface area contributed by atoms with Gasteiger partial charge in [0, 0.05) is 0 Å². The minimum atomic E-state index is -2.44. The standard InChI is InChI=1S/C35H84O11Si8/c1-47(2,3)36-25-27-29(41-49(7,8)9)31(43-51(13,14)15)32(44-52(16,17)18)34(38-27)40-35(46-54(22,23)24)33(45-53(19,20)21)30(42-50(10,11)12)28(39-35)26-37-48(4,5)6/h27-34H,25-26H2,1-24H3/t27?,28?,29-,30+,31-,32?,33-,34-,35-/m1/s1. The van der Waals surface area contributed by atoms with Crippen molar-refractivity contribution in [2.75, 3.05) is 13.2 Å². The van der Waals surface area contributed by atoms with Crippen molar-refractivity contribution in [2.45, 2.75) is 212 Å². The van der Waals surface area contributed by atoms with Crippen LogP contribution >= 0.6 is 0 Å². The van der Waals surface area contributed by atoms with Crippen LogP contribution in [0.1, 0.15) is 0 Å². The summed E-state index contributed by atoms with van der Waals surface area (Å²) in [6.45, 7) is 53.1. The number of hydrogen-bond acceptors (Lipinski definition) is 11. The van der Waals surface area contributed by atoms with Gasteiger partial charge in [-0.3, -0.25) is 4.74 Å². The van der Waals surface area contributed by atoms with Crippen LogP contribution in [-0.4, -0.2) is 135 Å². The van der Waals surface area contributed by atoms with Crippen molar-refractivity contribution in [3.05, 3.63) is 0 Å². The smallest absolute Gasteiger partial charge is 0.305 e. The summed E-state index contributed by atoms with van der Waals surface area (Å²) in [7, 11) is -17.4. The molecule has 2 saturated heterocycles. The topological polar surface area (TPSA) is 102 Å². The molecule has 2 heterocycles. The molecule has 0 aliphatic carbocycles. The Morgan fingerprint density at radius 1 is 0.389 bits per heavy atom. The van der Waals surface area contributed by atoms with Gasteiger partial charge >= 0.3 is 5.97 Å². The molecule has 2 aliphatic rings. The van der Waals surface area contributed by atoms with Gasteiger partial charge in [-0.25, -0.2) is 0 Å². The number of ether oxygens (including phenoxy) is 3. The average molecular weight is 906 g/mol. The quantitative estimate of drug-likeness (QED) is 0.0863. The van der Waals surface area contributed by atoms with Crippen LogP contribution in [0.25, 0.3) is 0 Å². The van der Waals surface area contributed by atoms with Crippen molar-refractivity contribution in [3.63, 3.8) is 0 Å². The summed E-state index contributed by atoms with van der Waals surface area (Å²) in [4.78, 5) is 0. The van der Waals surface area contributed by atoms with E-state index in [1.807, 2.05) is 0 Å². The molecule has 0 spiro atoms. The van der Waals surface area contributed by atoms with E-state index in [2.05, 4.69) is 157 Å². The van der Waals surface area contributed by atoms with Crippen molar-refractivity contribution in [1.82, 2.24) is 0 Å². The van der Waals surface area contributed by atoms with Crippen LogP contribution in [0, 0.1) is 0 Å². The molecule has 0 aromatic carbocycles. The lowest BCUT2D eigenvalue weighted by atomic mass is 9.99. The van der Waals surface area contributed by atoms with Crippen LogP contribution in [0.2, 0.25) is 157 Å². The molecular weight excluding hydrogens is 821 g/mol. The first kappa shape index (κ1) is 51.4. The van der Waals surface area contributed by atoms with Gasteiger partial charge in [0.05, 0.1) is 13.2 Å². The third-order valence-corrected chi connectivity index (χ3v) is 15.3. The van der Waals surface area contributed by atoms with E-state index in [1.165, 1.54) is 0 Å². The van der Waals surface area contributed by atoms with Gasteiger partial charge in [0.25, 0.3) is 0 Å². The van der Waals surface area contributed by atoms with Crippen LogP contribution in [0.5, 0.6) is 0 Å². The Bertz CT molecular complexity index is 1180. The summed E-state index contributed by atoms with van der Waals surface area (Å²) in [5, 5.41) is 0. The van der Waals surface area contributed by atoms with Gasteiger partial charge in [-0.15, -0.1) is 0 Å². The molecule has 2 fully saturated rings. The van der Waals surface area contributed by atoms with E-state index in [1.54, 1.807) is 0 Å². The Kier molecular flexibility index (Phi) is 17.2. The monoisotopic (exact) mass is 904 g/mol. The molecule has 2 rings (SSSR count). The summed E-state index contributed by atoms with van der Waals surface area (Å²) < 4.78 is 77.7. The average Bonchev–Trinajstić information content (AvgIpc) is 3.10. The third kappa shape index (κ3) is 18.7. The molecule has 2 aliphatic heterocycles. The predicted octanol–water partition coefficient (Wildman–Crippen LogP) is 9.44. The molecule has 0 aromatic heterocycles. The van der Waals surface area contributed by atoms with Gasteiger partial charge < -0.3 is 44.9 Å². The second-order valence-electron chi connectivity index (χ2n) is 22.9. The lowest BCUT2D eigenvalue weighted by Gasteiger charge is -2.52. The summed E-state index contributed by atoms with van der Waals surface area (Å²) in [6.07, 6.45) is -4.79. The summed E-state index contributed by atoms with van der Waals surface area (Å²) >= 11 is 0. The fourth-order valence-corrected chi connectivity index (χ4v) is 13.9. The molecule has 54 heavy (non-hydrogen) atoms. The van der Waals surface area contributed by atoms with Gasteiger partial charge in [0.15, 0.2) is 78.9 Å². The van der Waals surface area contributed by atoms with E-state index >= 15 is 0 Å². The highest BCUT2D eigenvalue weighted by molar-refractivity contribution is 6.72. The van der Waals surface area contributed by atoms with Crippen molar-refractivity contribution in [3.8, 4) is 0 Å². The first-order valence-corrected chi connectivity index (χ1v) is 47.3. The molecule has 3 unspecified atom stereocenters. The first-order chi connectivity index (χ1) is 23.7. The highest BCUT2D eigenvalue weighted by Gasteiger charge is 2.65. The van der Waals surface area contributed by atoms with Crippen LogP contribution in [-0.2, 0) is 49.6 Å². The molecule has 19 heteroatoms. The highest BCUT2D eigenvalue weighted by atomic mass is 28.4. The van der Waals surface area contributed by atoms with Crippen LogP contribution in [0.15, 0.2) is 0 Å². The van der Waals surface area contributed by atoms with Crippen LogP contribution in [0.3, 0.4) is 0 Å². The van der Waals surface area contributed by atoms with Crippen LogP contribution < -0.4 is 0 Å². The maximum Gasteiger partial charge on any atom is 0.305 e. The zero-order valence-electron chi connectivity index (χ0n) is 39.0. The fourth-order valence-electron chi connectivity index (χ4n) is 6.12. The summed E-state index contributed by atoms with van der Waals surface area (Å²) in [5.41, 5.74) is 0. The lowest BCUT2D eigenvalue weighted by Crippen LogP contribution is -2.69. The van der Waals surface area contributed by atoms with E-state index in [4.69, 9.17) is 49.6 Å². The zero-order valence-corrected chi connectivity index (χ0v) is 47.0. The second-order valence-corrected chi connectivity index (χ2v) is 58.7. The maximum atomic E-state index is 7.43. The summed E-state index contributed by atoms with van der Waals surface area (Å²) in [5.74, 6) is -1.69. The Balaban J connectivity index is 2.97. The van der Waals surface area contributed by atoms with Gasteiger partial charge in [-0.05, 0) is 157 Å². The Labute approximate surface area is 339 Å². The van der Waals surface area contributed by atoms with Gasteiger partial charge in [-0.1, -0.05) is 0 Å². The number of rotatable bonds is 20. The van der Waals surface area contributed by atoms with Gasteiger partial charge in [0.2, 0.25) is 0 Å². The molecule has 0 N–H and O–H groups in total. The molecule has 322 valence electrons. The molecule has 0 amide bonds. The van der Waals surface area contributed by atoms with Crippen molar-refractivity contribution in [2.24, 2.45) is 0 Å². The molecule has 0 bridgehead atoms. The van der Waals surface area contributed by atoms with E-state index in [-0.39, 0.29) is 0 Å². The zero-order chi connectivity index (χ0) is 42.3. The number of hydrogen-bond donors (Lipinski definition) is 0.